The molecule has 246 valence electrons. The second-order valence-corrected chi connectivity index (χ2v) is 11.9. The Morgan fingerprint density at radius 3 is 2.55 bits per heavy atom. The van der Waals surface area contributed by atoms with E-state index in [1.807, 2.05) is 20.8 Å². The zero-order valence-electron chi connectivity index (χ0n) is 26.6. The molecule has 1 amide bonds. The Hall–Kier alpha value is -2.44. The van der Waals surface area contributed by atoms with Crippen LogP contribution in [0.4, 0.5) is 18.3 Å². The molecule has 7 nitrogen and oxygen atoms in total. The van der Waals surface area contributed by atoms with Gasteiger partial charge in [0.2, 0.25) is 0 Å². The lowest BCUT2D eigenvalue weighted by molar-refractivity contribution is -0.137. The molecule has 2 atom stereocenters. The van der Waals surface area contributed by atoms with Gasteiger partial charge in [0.15, 0.2) is 5.13 Å². The molecule has 1 aliphatic rings. The number of ether oxygens (including phenoxy) is 2. The fourth-order valence-electron chi connectivity index (χ4n) is 4.50. The maximum atomic E-state index is 13.2. The Morgan fingerprint density at radius 1 is 1.25 bits per heavy atom. The predicted octanol–water partition coefficient (Wildman–Crippen LogP) is 8.80. The van der Waals surface area contributed by atoms with Crippen LogP contribution in [0, 0.1) is 5.92 Å². The summed E-state index contributed by atoms with van der Waals surface area (Å²) in [4.78, 5) is 19.4. The molecule has 2 aromatic carbocycles. The predicted molar refractivity (Wildman–Crippen MR) is 173 cm³/mol. The van der Waals surface area contributed by atoms with Crippen molar-refractivity contribution in [3.63, 3.8) is 0 Å². The highest BCUT2D eigenvalue weighted by atomic mass is 35.5. The molecule has 0 bridgehead atoms. The van der Waals surface area contributed by atoms with E-state index in [2.05, 4.69) is 29.0 Å². The van der Waals surface area contributed by atoms with Crippen LogP contribution in [0.2, 0.25) is 5.02 Å². The van der Waals surface area contributed by atoms with Crippen LogP contribution in [0.15, 0.2) is 24.3 Å². The monoisotopic (exact) mass is 659 g/mol. The highest BCUT2D eigenvalue weighted by molar-refractivity contribution is 7.22. The first-order valence-electron chi connectivity index (χ1n) is 15.0. The van der Waals surface area contributed by atoms with Gasteiger partial charge in [-0.2, -0.15) is 13.2 Å². The van der Waals surface area contributed by atoms with Gasteiger partial charge in [-0.25, -0.2) is 4.98 Å². The van der Waals surface area contributed by atoms with E-state index in [1.54, 1.807) is 20.1 Å². The van der Waals surface area contributed by atoms with Gasteiger partial charge in [0, 0.05) is 43.9 Å². The van der Waals surface area contributed by atoms with Gasteiger partial charge in [-0.3, -0.25) is 15.0 Å². The van der Waals surface area contributed by atoms with Crippen LogP contribution < -0.4 is 5.32 Å². The standard InChI is InChI=1S/C23H23ClF3N3O3S.C7H16O.C2H6/c1-3-13-6-15(23(25,26)27)8-18-19(13)28-22(34-18)29-21(32)17-9-16(24)7-14(20(17)31)11-30-4-5-33-12(2)10-30;1-4-7(2)5-6-8-3;1-2/h6-9,12,31H,3-5,10-11H2,1-2H3,(H,28,29,32);7H,4-6H2,1-3H3;1-2H3/t12-;;/m0../s1. The van der Waals surface area contributed by atoms with E-state index >= 15 is 0 Å². The minimum Gasteiger partial charge on any atom is -0.507 e. The van der Waals surface area contributed by atoms with Crippen molar-refractivity contribution in [1.82, 2.24) is 9.88 Å². The van der Waals surface area contributed by atoms with E-state index in [9.17, 15) is 23.1 Å². The van der Waals surface area contributed by atoms with Crippen molar-refractivity contribution in [2.45, 2.75) is 79.6 Å². The zero-order valence-corrected chi connectivity index (χ0v) is 28.2. The van der Waals surface area contributed by atoms with Crippen LogP contribution in [-0.2, 0) is 28.6 Å². The molecule has 2 heterocycles. The number of hydrogen-bond donors (Lipinski definition) is 2. The molecule has 12 heteroatoms. The van der Waals surface area contributed by atoms with Crippen LogP contribution in [0.25, 0.3) is 10.2 Å². The van der Waals surface area contributed by atoms with Crippen molar-refractivity contribution < 1.29 is 32.5 Å². The number of fused-ring (bicyclic) bond motifs is 1. The summed E-state index contributed by atoms with van der Waals surface area (Å²) < 4.78 is 50.5. The number of rotatable bonds is 9. The number of phenolic OH excluding ortho intramolecular Hbond substituents is 1. The SMILES string of the molecule is CC.CCC(C)CCOC.CCc1cc(C(F)(F)F)cc2sc(NC(=O)c3cc(Cl)cc(CN4CCO[C@@H](C)C4)c3O)nc12. The van der Waals surface area contributed by atoms with Crippen LogP contribution in [0.1, 0.15) is 81.4 Å². The highest BCUT2D eigenvalue weighted by Crippen LogP contribution is 2.37. The quantitative estimate of drug-likeness (QED) is 0.239. The number of nitrogens with one attached hydrogen (secondary N) is 1. The van der Waals surface area contributed by atoms with Crippen molar-refractivity contribution in [2.24, 2.45) is 5.92 Å². The van der Waals surface area contributed by atoms with Crippen molar-refractivity contribution in [1.29, 1.82) is 0 Å². The third kappa shape index (κ3) is 10.9. The summed E-state index contributed by atoms with van der Waals surface area (Å²) in [5, 5.41) is 13.8. The fourth-order valence-corrected chi connectivity index (χ4v) is 5.69. The molecule has 44 heavy (non-hydrogen) atoms. The molecular weight excluding hydrogens is 615 g/mol. The number of carbonyl (C=O) groups is 1. The zero-order chi connectivity index (χ0) is 33.0. The molecule has 1 unspecified atom stereocenters. The summed E-state index contributed by atoms with van der Waals surface area (Å²) in [7, 11) is 1.75. The van der Waals surface area contributed by atoms with Crippen LogP contribution >= 0.6 is 22.9 Å². The summed E-state index contributed by atoms with van der Waals surface area (Å²) >= 11 is 7.17. The molecule has 1 saturated heterocycles. The normalized spacial score (nSPS) is 16.0. The molecule has 4 rings (SSSR count). The van der Waals surface area contributed by atoms with Gasteiger partial charge in [0.05, 0.1) is 34.1 Å². The Bertz CT molecular complexity index is 1350. The van der Waals surface area contributed by atoms with Crippen LogP contribution in [0.3, 0.4) is 0 Å². The Kier molecular flexibility index (Phi) is 15.4. The van der Waals surface area contributed by atoms with Crippen LogP contribution in [0.5, 0.6) is 5.75 Å². The lowest BCUT2D eigenvalue weighted by Crippen LogP contribution is -2.40. The summed E-state index contributed by atoms with van der Waals surface area (Å²) in [6, 6.07) is 5.07. The minimum atomic E-state index is -4.48. The average Bonchev–Trinajstić information content (AvgIpc) is 3.40. The van der Waals surface area contributed by atoms with E-state index in [-0.39, 0.29) is 27.6 Å². The first-order valence-corrected chi connectivity index (χ1v) is 16.2. The number of halogens is 4. The van der Waals surface area contributed by atoms with Crippen LogP contribution in [-0.4, -0.2) is 60.4 Å². The number of hydrogen-bond acceptors (Lipinski definition) is 7. The van der Waals surface area contributed by atoms with Crippen molar-refractivity contribution in [2.75, 3.05) is 38.7 Å². The topological polar surface area (TPSA) is 83.9 Å². The number of alkyl halides is 3. The highest BCUT2D eigenvalue weighted by Gasteiger charge is 2.32. The lowest BCUT2D eigenvalue weighted by Gasteiger charge is -2.31. The Morgan fingerprint density at radius 2 is 1.95 bits per heavy atom. The second kappa shape index (κ2) is 17.9. The summed E-state index contributed by atoms with van der Waals surface area (Å²) in [5.41, 5.74) is 0.560. The number of phenols is 1. The van der Waals surface area contributed by atoms with E-state index in [4.69, 9.17) is 21.1 Å². The molecule has 2 N–H and O–H groups in total. The number of anilines is 1. The fraction of sp³-hybridized carbons (Fsp3) is 0.562. The summed E-state index contributed by atoms with van der Waals surface area (Å²) in [5.74, 6) is -0.0181. The van der Waals surface area contributed by atoms with E-state index < -0.39 is 17.6 Å². The maximum Gasteiger partial charge on any atom is 0.416 e. The van der Waals surface area contributed by atoms with E-state index in [0.717, 1.165) is 36.0 Å². The molecule has 0 saturated carbocycles. The number of aromatic hydroxyl groups is 1. The number of benzene rings is 2. The number of aryl methyl sites for hydroxylation is 1. The van der Waals surface area contributed by atoms with Gasteiger partial charge in [0.1, 0.15) is 5.75 Å². The second-order valence-electron chi connectivity index (χ2n) is 10.5. The molecule has 1 aliphatic heterocycles. The molecule has 0 radical (unpaired) electrons. The Labute approximate surface area is 267 Å². The number of methoxy groups -OCH3 is 1. The lowest BCUT2D eigenvalue weighted by atomic mass is 10.1. The van der Waals surface area contributed by atoms with Gasteiger partial charge in [-0.15, -0.1) is 0 Å². The van der Waals surface area contributed by atoms with Gasteiger partial charge in [0.25, 0.3) is 5.91 Å². The van der Waals surface area contributed by atoms with Crippen molar-refractivity contribution >= 4 is 44.2 Å². The smallest absolute Gasteiger partial charge is 0.416 e. The van der Waals surface area contributed by atoms with Gasteiger partial charge >= 0.3 is 6.18 Å². The molecule has 1 fully saturated rings. The third-order valence-electron chi connectivity index (χ3n) is 7.13. The number of nitrogens with zero attached hydrogens (tertiary/aromatic N) is 2. The van der Waals surface area contributed by atoms with Gasteiger partial charge < -0.3 is 14.6 Å². The van der Waals surface area contributed by atoms with Gasteiger partial charge in [-0.1, -0.05) is 64.0 Å². The number of carbonyl (C=O) groups excluding carboxylic acids is 1. The molecule has 3 aromatic rings. The summed E-state index contributed by atoms with van der Waals surface area (Å²) in [6.07, 6.45) is -1.60. The number of amides is 1. The average molecular weight is 660 g/mol. The molecular formula is C32H45ClF3N3O4S. The first-order chi connectivity index (χ1) is 20.9. The van der Waals surface area contributed by atoms with E-state index in [1.165, 1.54) is 18.9 Å². The maximum absolute atomic E-state index is 13.2. The number of morpholine rings is 1. The number of aromatic nitrogens is 1. The Balaban J connectivity index is 0.000000588. The molecule has 1 aromatic heterocycles. The van der Waals surface area contributed by atoms with E-state index in [0.29, 0.717) is 54.0 Å². The molecule has 0 spiro atoms. The largest absolute Gasteiger partial charge is 0.507 e. The minimum absolute atomic E-state index is 0.0326. The van der Waals surface area contributed by atoms with Gasteiger partial charge in [-0.05, 0) is 55.5 Å². The number of thiazole rings is 1. The van der Waals surface area contributed by atoms with Crippen molar-refractivity contribution in [3.05, 3.63) is 51.5 Å². The third-order valence-corrected chi connectivity index (χ3v) is 8.27. The molecule has 0 aliphatic carbocycles. The summed E-state index contributed by atoms with van der Waals surface area (Å²) in [6.45, 7) is 15.4. The first kappa shape index (κ1) is 37.7. The van der Waals surface area contributed by atoms with Crippen molar-refractivity contribution in [3.8, 4) is 5.75 Å².